The van der Waals surface area contributed by atoms with Crippen molar-refractivity contribution in [2.75, 3.05) is 0 Å². The number of rotatable bonds is 1. The molecule has 2 N–H and O–H groups in total. The minimum Gasteiger partial charge on any atom is -0.381 e. The van der Waals surface area contributed by atoms with Crippen LogP contribution in [-0.4, -0.2) is 11.1 Å². The number of amides is 1. The Morgan fingerprint density at radius 2 is 2.25 bits per heavy atom. The largest absolute Gasteiger partial charge is 0.411 e. The van der Waals surface area contributed by atoms with Crippen molar-refractivity contribution in [3.63, 3.8) is 0 Å². The third-order valence-corrected chi connectivity index (χ3v) is 3.21. The molecule has 1 aromatic heterocycles. The molecule has 1 heterocycles. The lowest BCUT2D eigenvalue weighted by atomic mass is 10.3. The number of thiazole rings is 1. The quantitative estimate of drug-likeness (QED) is 0.824. The van der Waals surface area contributed by atoms with Crippen LogP contribution in [0, 0.1) is 11.6 Å². The SMILES string of the molecule is NC(=O)Oc1nc2c(Br)cc(F)c(F)c2s1. The Morgan fingerprint density at radius 1 is 1.56 bits per heavy atom. The standard InChI is InChI=1S/C8H3BrF2N2O2S/c9-2-1-3(10)4(11)6-5(2)13-8(16-6)15-7(12)14/h1H,(H2,12,14). The van der Waals surface area contributed by atoms with Crippen molar-refractivity contribution >= 4 is 43.6 Å². The zero-order valence-electron chi connectivity index (χ0n) is 7.46. The van der Waals surface area contributed by atoms with Gasteiger partial charge in [-0.25, -0.2) is 18.6 Å². The molecule has 0 unspecified atom stereocenters. The van der Waals surface area contributed by atoms with Crippen LogP contribution in [0.1, 0.15) is 0 Å². The molecule has 1 amide bonds. The predicted molar refractivity (Wildman–Crippen MR) is 57.4 cm³/mol. The highest BCUT2D eigenvalue weighted by atomic mass is 79.9. The van der Waals surface area contributed by atoms with E-state index in [2.05, 4.69) is 25.7 Å². The molecule has 4 nitrogen and oxygen atoms in total. The van der Waals surface area contributed by atoms with Gasteiger partial charge in [0.2, 0.25) is 0 Å². The van der Waals surface area contributed by atoms with Gasteiger partial charge in [-0.2, -0.15) is 0 Å². The molecule has 0 aliphatic carbocycles. The maximum atomic E-state index is 13.3. The van der Waals surface area contributed by atoms with Crippen molar-refractivity contribution in [3.05, 3.63) is 22.2 Å². The van der Waals surface area contributed by atoms with E-state index < -0.39 is 17.7 Å². The highest BCUT2D eigenvalue weighted by molar-refractivity contribution is 9.10. The molecule has 0 spiro atoms. The molecule has 0 aliphatic heterocycles. The fourth-order valence-electron chi connectivity index (χ4n) is 1.09. The molecule has 0 saturated carbocycles. The van der Waals surface area contributed by atoms with Crippen molar-refractivity contribution in [2.45, 2.75) is 0 Å². The summed E-state index contributed by atoms with van der Waals surface area (Å²) in [6.07, 6.45) is -1.06. The van der Waals surface area contributed by atoms with E-state index in [0.717, 1.165) is 6.07 Å². The lowest BCUT2D eigenvalue weighted by molar-refractivity contribution is 0.211. The van der Waals surface area contributed by atoms with Crippen LogP contribution in [0.15, 0.2) is 10.5 Å². The zero-order chi connectivity index (χ0) is 11.9. The lowest BCUT2D eigenvalue weighted by Crippen LogP contribution is -2.15. The van der Waals surface area contributed by atoms with Gasteiger partial charge in [-0.1, -0.05) is 11.3 Å². The summed E-state index contributed by atoms with van der Waals surface area (Å²) in [6.45, 7) is 0. The number of ether oxygens (including phenoxy) is 1. The van der Waals surface area contributed by atoms with Gasteiger partial charge in [-0.05, 0) is 22.0 Å². The van der Waals surface area contributed by atoms with E-state index in [1.807, 2.05) is 0 Å². The second-order valence-electron chi connectivity index (χ2n) is 2.73. The van der Waals surface area contributed by atoms with E-state index in [9.17, 15) is 13.6 Å². The topological polar surface area (TPSA) is 65.2 Å². The third kappa shape index (κ3) is 1.85. The van der Waals surface area contributed by atoms with Crippen molar-refractivity contribution < 1.29 is 18.3 Å². The summed E-state index contributed by atoms with van der Waals surface area (Å²) in [5.74, 6) is -2.04. The Balaban J connectivity index is 2.65. The fourth-order valence-corrected chi connectivity index (χ4v) is 2.59. The molecule has 0 fully saturated rings. The molecule has 1 aromatic carbocycles. The number of primary amides is 1. The maximum absolute atomic E-state index is 13.3. The summed E-state index contributed by atoms with van der Waals surface area (Å²) < 4.78 is 31.1. The Kier molecular flexibility index (Phi) is 2.76. The highest BCUT2D eigenvalue weighted by Crippen LogP contribution is 2.35. The van der Waals surface area contributed by atoms with Gasteiger partial charge >= 0.3 is 6.09 Å². The first kappa shape index (κ1) is 11.2. The first-order valence-corrected chi connectivity index (χ1v) is 5.51. The molecular weight excluding hydrogens is 306 g/mol. The minimum absolute atomic E-state index is 0.0388. The van der Waals surface area contributed by atoms with Crippen LogP contribution in [0.5, 0.6) is 5.19 Å². The van der Waals surface area contributed by atoms with E-state index in [-0.39, 0.29) is 19.9 Å². The first-order chi connectivity index (χ1) is 7.49. The van der Waals surface area contributed by atoms with E-state index >= 15 is 0 Å². The van der Waals surface area contributed by atoms with Crippen LogP contribution in [0.2, 0.25) is 0 Å². The van der Waals surface area contributed by atoms with Gasteiger partial charge in [0.25, 0.3) is 5.19 Å². The van der Waals surface area contributed by atoms with Gasteiger partial charge in [-0.3, -0.25) is 0 Å². The van der Waals surface area contributed by atoms with Crippen molar-refractivity contribution in [1.29, 1.82) is 0 Å². The molecule has 0 radical (unpaired) electrons. The molecule has 0 aliphatic rings. The Hall–Kier alpha value is -1.28. The summed E-state index contributed by atoms with van der Waals surface area (Å²) >= 11 is 3.73. The lowest BCUT2D eigenvalue weighted by Gasteiger charge is -1.95. The van der Waals surface area contributed by atoms with E-state index in [1.165, 1.54) is 0 Å². The maximum Gasteiger partial charge on any atom is 0.411 e. The molecule has 2 aromatic rings. The summed E-state index contributed by atoms with van der Waals surface area (Å²) in [4.78, 5) is 14.3. The molecule has 0 bridgehead atoms. The normalized spacial score (nSPS) is 10.7. The number of nitrogens with zero attached hydrogens (tertiary/aromatic N) is 1. The Labute approximate surface area is 100 Å². The molecule has 0 saturated heterocycles. The summed E-state index contributed by atoms with van der Waals surface area (Å²) in [5.41, 5.74) is 4.96. The second kappa shape index (κ2) is 3.95. The molecule has 16 heavy (non-hydrogen) atoms. The van der Waals surface area contributed by atoms with Gasteiger partial charge in [0, 0.05) is 4.47 Å². The third-order valence-electron chi connectivity index (χ3n) is 1.68. The summed E-state index contributed by atoms with van der Waals surface area (Å²) in [7, 11) is 0. The number of fused-ring (bicyclic) bond motifs is 1. The number of hydrogen-bond donors (Lipinski definition) is 1. The molecule has 2 rings (SSSR count). The van der Waals surface area contributed by atoms with Crippen LogP contribution in [0.4, 0.5) is 13.6 Å². The number of hydrogen-bond acceptors (Lipinski definition) is 4. The van der Waals surface area contributed by atoms with Gasteiger partial charge in [0.1, 0.15) is 5.52 Å². The first-order valence-electron chi connectivity index (χ1n) is 3.90. The number of carbonyl (C=O) groups excluding carboxylic acids is 1. The molecule has 84 valence electrons. The number of carbonyl (C=O) groups is 1. The average molecular weight is 309 g/mol. The monoisotopic (exact) mass is 308 g/mol. The van der Waals surface area contributed by atoms with Crippen molar-refractivity contribution in [2.24, 2.45) is 5.73 Å². The number of aromatic nitrogens is 1. The number of halogens is 3. The van der Waals surface area contributed by atoms with Crippen LogP contribution in [0.3, 0.4) is 0 Å². The van der Waals surface area contributed by atoms with E-state index in [4.69, 9.17) is 5.73 Å². The summed E-state index contributed by atoms with van der Waals surface area (Å²) in [6, 6.07) is 0.950. The highest BCUT2D eigenvalue weighted by Gasteiger charge is 2.17. The number of nitrogens with two attached hydrogens (primary N) is 1. The van der Waals surface area contributed by atoms with Crippen molar-refractivity contribution in [3.8, 4) is 5.19 Å². The van der Waals surface area contributed by atoms with Gasteiger partial charge < -0.3 is 10.5 Å². The second-order valence-corrected chi connectivity index (χ2v) is 4.55. The fraction of sp³-hybridized carbons (Fsp3) is 0. The smallest absolute Gasteiger partial charge is 0.381 e. The van der Waals surface area contributed by atoms with E-state index in [1.54, 1.807) is 0 Å². The average Bonchev–Trinajstić information content (AvgIpc) is 2.58. The molecular formula is C8H3BrF2N2O2S. The molecule has 8 heteroatoms. The summed E-state index contributed by atoms with van der Waals surface area (Å²) in [5, 5.41) is -0.132. The zero-order valence-corrected chi connectivity index (χ0v) is 9.86. The Morgan fingerprint density at radius 3 is 2.88 bits per heavy atom. The van der Waals surface area contributed by atoms with Crippen LogP contribution < -0.4 is 10.5 Å². The van der Waals surface area contributed by atoms with Gasteiger partial charge in [0.15, 0.2) is 11.6 Å². The molecule has 0 atom stereocenters. The van der Waals surface area contributed by atoms with Crippen LogP contribution in [0.25, 0.3) is 10.2 Å². The van der Waals surface area contributed by atoms with E-state index in [0.29, 0.717) is 11.3 Å². The van der Waals surface area contributed by atoms with Crippen LogP contribution >= 0.6 is 27.3 Å². The predicted octanol–water partition coefficient (Wildman–Crippen LogP) is 2.79. The van der Waals surface area contributed by atoms with Crippen molar-refractivity contribution in [1.82, 2.24) is 4.98 Å². The van der Waals surface area contributed by atoms with Gasteiger partial charge in [-0.15, -0.1) is 0 Å². The number of benzene rings is 1. The van der Waals surface area contributed by atoms with Crippen LogP contribution in [-0.2, 0) is 0 Å². The minimum atomic E-state index is -1.06. The van der Waals surface area contributed by atoms with Gasteiger partial charge in [0.05, 0.1) is 4.70 Å². The Bertz CT molecular complexity index is 587.